The first-order chi connectivity index (χ1) is 16.5. The summed E-state index contributed by atoms with van der Waals surface area (Å²) in [5.41, 5.74) is -3.22. The summed E-state index contributed by atoms with van der Waals surface area (Å²) in [6.45, 7) is 24.3. The fraction of sp³-hybridized carbons (Fsp3) is 0.885. The van der Waals surface area contributed by atoms with E-state index < -0.39 is 61.2 Å². The summed E-state index contributed by atoms with van der Waals surface area (Å²) in [5.74, 6) is -1.68. The number of fused-ring (bicyclic) bond motifs is 1. The van der Waals surface area contributed by atoms with Crippen molar-refractivity contribution in [1.82, 2.24) is 4.90 Å². The first-order valence-electron chi connectivity index (χ1n) is 12.8. The van der Waals surface area contributed by atoms with E-state index in [0.29, 0.717) is 6.47 Å². The van der Waals surface area contributed by atoms with Crippen LogP contribution in [0.1, 0.15) is 76.2 Å². The zero-order chi connectivity index (χ0) is 28.8. The van der Waals surface area contributed by atoms with Gasteiger partial charge in [-0.3, -0.25) is 14.5 Å². The van der Waals surface area contributed by atoms with Crippen molar-refractivity contribution in [2.45, 2.75) is 130 Å². The summed E-state index contributed by atoms with van der Waals surface area (Å²) in [4.78, 5) is 39.5. The molecule has 2 fully saturated rings. The Kier molecular flexibility index (Phi) is 8.63. The van der Waals surface area contributed by atoms with Gasteiger partial charge in [-0.2, -0.15) is 0 Å². The maximum Gasteiger partial charge on any atom is 0.412 e. The number of likely N-dealkylation sites (tertiary alicyclic amines) is 1. The minimum absolute atomic E-state index is 0.0249. The van der Waals surface area contributed by atoms with Gasteiger partial charge in [0.1, 0.15) is 18.3 Å². The van der Waals surface area contributed by atoms with Crippen LogP contribution in [-0.4, -0.2) is 80.3 Å². The maximum absolute atomic E-state index is 13.7. The summed E-state index contributed by atoms with van der Waals surface area (Å²) >= 11 is 0. The monoisotopic (exact) mass is 545 g/mol. The largest absolute Gasteiger partial charge is 0.460 e. The minimum atomic E-state index is -2.40. The molecule has 4 atom stereocenters. The van der Waals surface area contributed by atoms with Crippen molar-refractivity contribution in [3.05, 3.63) is 0 Å². The lowest BCUT2D eigenvalue weighted by Gasteiger charge is -2.52. The van der Waals surface area contributed by atoms with Gasteiger partial charge in [0.05, 0.1) is 12.0 Å². The molecule has 2 rings (SSSR count). The average molecular weight is 546 g/mol. The standard InChI is InChI=1S/C26H47NO9Si/c1-22(2,3)20(29)31-15-26-19(33-25(10,11)36-26)18(32-16-28)17(35-37(12,13)24(7,8)9)14-27(26)21(30)34-23(4,5)6/h16-19H,14-15H2,1-13H3/t17-,18-,19+,26+/m1/s1. The zero-order valence-corrected chi connectivity index (χ0v) is 25.8. The summed E-state index contributed by atoms with van der Waals surface area (Å²) in [6.07, 6.45) is -3.36. The van der Waals surface area contributed by atoms with E-state index in [1.165, 1.54) is 4.90 Å². The molecule has 0 unspecified atom stereocenters. The fourth-order valence-electron chi connectivity index (χ4n) is 4.08. The molecule has 0 aromatic rings. The number of rotatable bonds is 6. The Morgan fingerprint density at radius 1 is 1.05 bits per heavy atom. The lowest BCUT2D eigenvalue weighted by atomic mass is 9.90. The normalized spacial score (nSPS) is 28.4. The molecule has 1 amide bonds. The van der Waals surface area contributed by atoms with Gasteiger partial charge in [0.25, 0.3) is 6.47 Å². The molecule has 0 aromatic heterocycles. The highest BCUT2D eigenvalue weighted by Crippen LogP contribution is 2.48. The molecule has 0 spiro atoms. The third-order valence-corrected chi connectivity index (χ3v) is 11.4. The van der Waals surface area contributed by atoms with Crippen molar-refractivity contribution < 1.29 is 42.5 Å². The number of piperidine rings is 1. The van der Waals surface area contributed by atoms with Crippen LogP contribution >= 0.6 is 0 Å². The summed E-state index contributed by atoms with van der Waals surface area (Å²) in [7, 11) is -2.40. The second-order valence-electron chi connectivity index (χ2n) is 13.9. The van der Waals surface area contributed by atoms with Gasteiger partial charge in [-0.15, -0.1) is 0 Å². The van der Waals surface area contributed by atoms with Crippen LogP contribution in [0, 0.1) is 5.41 Å². The van der Waals surface area contributed by atoms with Gasteiger partial charge < -0.3 is 28.1 Å². The molecule has 10 nitrogen and oxygen atoms in total. The molecule has 2 heterocycles. The minimum Gasteiger partial charge on any atom is -0.460 e. The molecule has 37 heavy (non-hydrogen) atoms. The highest BCUT2D eigenvalue weighted by atomic mass is 28.4. The van der Waals surface area contributed by atoms with Gasteiger partial charge in [-0.1, -0.05) is 20.8 Å². The molecule has 0 bridgehead atoms. The summed E-state index contributed by atoms with van der Waals surface area (Å²) < 4.78 is 36.3. The Bertz CT molecular complexity index is 869. The first-order valence-corrected chi connectivity index (χ1v) is 15.7. The van der Waals surface area contributed by atoms with E-state index in [1.807, 2.05) is 0 Å². The molecule has 0 radical (unpaired) electrons. The molecule has 0 N–H and O–H groups in total. The van der Waals surface area contributed by atoms with E-state index in [4.69, 9.17) is 28.1 Å². The van der Waals surface area contributed by atoms with Crippen molar-refractivity contribution in [1.29, 1.82) is 0 Å². The zero-order valence-electron chi connectivity index (χ0n) is 24.8. The Labute approximate surface area is 222 Å². The molecule has 2 saturated heterocycles. The molecule has 11 heteroatoms. The Hall–Kier alpha value is -1.69. The van der Waals surface area contributed by atoms with Crippen LogP contribution in [0.25, 0.3) is 0 Å². The molecule has 0 aromatic carbocycles. The number of nitrogens with zero attached hydrogens (tertiary/aromatic N) is 1. The number of hydrogen-bond donors (Lipinski definition) is 0. The highest BCUT2D eigenvalue weighted by molar-refractivity contribution is 6.74. The molecule has 0 saturated carbocycles. The van der Waals surface area contributed by atoms with Crippen LogP contribution in [0.5, 0.6) is 0 Å². The third kappa shape index (κ3) is 7.04. The van der Waals surface area contributed by atoms with Crippen LogP contribution in [0.3, 0.4) is 0 Å². The van der Waals surface area contributed by atoms with E-state index in [1.54, 1.807) is 55.4 Å². The molecule has 2 aliphatic rings. The number of carbonyl (C=O) groups is 3. The van der Waals surface area contributed by atoms with Crippen LogP contribution in [0.15, 0.2) is 0 Å². The SMILES string of the molecule is CC(C)(C)OC(=O)N1C[C@@H](O[Si](C)(C)C(C)(C)C)[C@@H](OC=O)[C@@H]2OC(C)(C)O[C@@]21COC(=O)C(C)(C)C. The number of esters is 1. The molecule has 214 valence electrons. The van der Waals surface area contributed by atoms with Crippen molar-refractivity contribution in [2.24, 2.45) is 5.41 Å². The molecule has 2 aliphatic heterocycles. The van der Waals surface area contributed by atoms with Crippen molar-refractivity contribution in [3.8, 4) is 0 Å². The van der Waals surface area contributed by atoms with E-state index >= 15 is 0 Å². The fourth-order valence-corrected chi connectivity index (χ4v) is 5.39. The third-order valence-electron chi connectivity index (χ3n) is 6.86. The Balaban J connectivity index is 2.64. The highest BCUT2D eigenvalue weighted by Gasteiger charge is 2.68. The van der Waals surface area contributed by atoms with Gasteiger partial charge >= 0.3 is 12.1 Å². The average Bonchev–Trinajstić information content (AvgIpc) is 2.95. The quantitative estimate of drug-likeness (QED) is 0.205. The molecular formula is C26H47NO9Si. The predicted octanol–water partition coefficient (Wildman–Crippen LogP) is 4.61. The number of ether oxygens (including phenoxy) is 5. The van der Waals surface area contributed by atoms with E-state index in [9.17, 15) is 14.4 Å². The molecular weight excluding hydrogens is 498 g/mol. The van der Waals surface area contributed by atoms with Crippen LogP contribution < -0.4 is 0 Å². The van der Waals surface area contributed by atoms with Crippen molar-refractivity contribution >= 4 is 26.9 Å². The van der Waals surface area contributed by atoms with Crippen molar-refractivity contribution in [2.75, 3.05) is 13.2 Å². The lowest BCUT2D eigenvalue weighted by Crippen LogP contribution is -2.73. The van der Waals surface area contributed by atoms with Crippen LogP contribution in [-0.2, 0) is 37.7 Å². The summed E-state index contributed by atoms with van der Waals surface area (Å²) in [6, 6.07) is 0. The van der Waals surface area contributed by atoms with Gasteiger partial charge in [0.15, 0.2) is 26.3 Å². The van der Waals surface area contributed by atoms with Gasteiger partial charge in [0.2, 0.25) is 5.72 Å². The lowest BCUT2D eigenvalue weighted by molar-refractivity contribution is -0.235. The van der Waals surface area contributed by atoms with Gasteiger partial charge in [-0.05, 0) is 73.5 Å². The second kappa shape index (κ2) is 10.1. The number of hydrogen-bond acceptors (Lipinski definition) is 9. The number of amides is 1. The van der Waals surface area contributed by atoms with Gasteiger partial charge in [-0.25, -0.2) is 4.79 Å². The summed E-state index contributed by atoms with van der Waals surface area (Å²) in [5, 5.41) is -0.154. The van der Waals surface area contributed by atoms with E-state index in [0.717, 1.165) is 0 Å². The van der Waals surface area contributed by atoms with Gasteiger partial charge in [0, 0.05) is 0 Å². The van der Waals surface area contributed by atoms with E-state index in [2.05, 4.69) is 33.9 Å². The topological polar surface area (TPSA) is 110 Å². The van der Waals surface area contributed by atoms with Crippen LogP contribution in [0.4, 0.5) is 4.79 Å². The predicted molar refractivity (Wildman–Crippen MR) is 139 cm³/mol. The smallest absolute Gasteiger partial charge is 0.412 e. The maximum atomic E-state index is 13.7. The number of carbonyl (C=O) groups excluding carboxylic acids is 3. The van der Waals surface area contributed by atoms with E-state index in [-0.39, 0.29) is 18.2 Å². The second-order valence-corrected chi connectivity index (χ2v) is 18.7. The first kappa shape index (κ1) is 31.5. The Morgan fingerprint density at radius 3 is 2.08 bits per heavy atom. The molecule has 0 aliphatic carbocycles. The van der Waals surface area contributed by atoms with Crippen LogP contribution in [0.2, 0.25) is 18.1 Å². The Morgan fingerprint density at radius 2 is 1.62 bits per heavy atom. The van der Waals surface area contributed by atoms with Crippen molar-refractivity contribution in [3.63, 3.8) is 0 Å².